The largest absolute Gasteiger partial charge is 0.468 e. The van der Waals surface area contributed by atoms with Crippen LogP contribution in [-0.2, 0) is 6.61 Å². The summed E-state index contributed by atoms with van der Waals surface area (Å²) in [7, 11) is 0. The van der Waals surface area contributed by atoms with Crippen molar-refractivity contribution in [3.05, 3.63) is 59.7 Å². The van der Waals surface area contributed by atoms with E-state index in [1.54, 1.807) is 12.4 Å². The molecule has 1 N–H and O–H groups in total. The number of rotatable bonds is 4. The van der Waals surface area contributed by atoms with Crippen molar-refractivity contribution in [1.29, 1.82) is 0 Å². The Hall–Kier alpha value is -2.93. The molecule has 0 unspecified atom stereocenters. The van der Waals surface area contributed by atoms with Crippen LogP contribution in [0.25, 0.3) is 17.0 Å². The molecule has 3 aromatic heterocycles. The number of fused-ring (bicyclic) bond motifs is 3. The van der Waals surface area contributed by atoms with Crippen molar-refractivity contribution in [2.45, 2.75) is 44.1 Å². The Morgan fingerprint density at radius 3 is 2.48 bits per heavy atom. The SMILES string of the molecule is Cl.c1ccc(-c2nnc3c4c(c(OCc5ncc[nH]5)nn23)C2CCC4CC2)cc1. The molecule has 0 amide bonds. The molecule has 2 bridgehead atoms. The van der Waals surface area contributed by atoms with Crippen LogP contribution in [0.15, 0.2) is 42.7 Å². The second-order valence-corrected chi connectivity index (χ2v) is 7.63. The molecular weight excluding hydrogens is 388 g/mol. The highest BCUT2D eigenvalue weighted by Crippen LogP contribution is 2.53. The van der Waals surface area contributed by atoms with E-state index < -0.39 is 0 Å². The highest BCUT2D eigenvalue weighted by atomic mass is 35.5. The van der Waals surface area contributed by atoms with Crippen LogP contribution in [0.2, 0.25) is 0 Å². The summed E-state index contributed by atoms with van der Waals surface area (Å²) in [5.41, 5.74) is 4.42. The number of benzene rings is 1. The summed E-state index contributed by atoms with van der Waals surface area (Å²) in [5, 5.41) is 13.9. The van der Waals surface area contributed by atoms with E-state index in [1.807, 2.05) is 34.8 Å². The zero-order valence-corrected chi connectivity index (χ0v) is 16.6. The van der Waals surface area contributed by atoms with Gasteiger partial charge in [-0.25, -0.2) is 4.98 Å². The minimum Gasteiger partial charge on any atom is -0.468 e. The molecule has 8 heteroatoms. The number of nitrogens with zero attached hydrogens (tertiary/aromatic N) is 5. The van der Waals surface area contributed by atoms with Crippen molar-refractivity contribution in [2.24, 2.45) is 0 Å². The van der Waals surface area contributed by atoms with Gasteiger partial charge in [0.05, 0.1) is 0 Å². The molecule has 1 fully saturated rings. The summed E-state index contributed by atoms with van der Waals surface area (Å²) in [5.74, 6) is 3.27. The fraction of sp³-hybridized carbons (Fsp3) is 0.333. The number of aromatic nitrogens is 6. The molecule has 0 spiro atoms. The number of imidazole rings is 1. The van der Waals surface area contributed by atoms with Gasteiger partial charge in [0.25, 0.3) is 0 Å². The van der Waals surface area contributed by atoms with Gasteiger partial charge < -0.3 is 9.72 Å². The first-order valence-corrected chi connectivity index (χ1v) is 9.84. The van der Waals surface area contributed by atoms with Crippen molar-refractivity contribution in [2.75, 3.05) is 0 Å². The van der Waals surface area contributed by atoms with E-state index in [0.717, 1.165) is 22.9 Å². The molecule has 4 aromatic rings. The molecule has 0 saturated heterocycles. The van der Waals surface area contributed by atoms with Gasteiger partial charge in [0.2, 0.25) is 5.88 Å². The van der Waals surface area contributed by atoms with Crippen LogP contribution in [0.1, 0.15) is 54.5 Å². The Balaban J connectivity index is 0.00000181. The number of H-pyrrole nitrogens is 1. The van der Waals surface area contributed by atoms with E-state index >= 15 is 0 Å². The third-order valence-corrected chi connectivity index (χ3v) is 6.07. The Kier molecular flexibility index (Phi) is 4.47. The van der Waals surface area contributed by atoms with Crippen LogP contribution in [0.4, 0.5) is 0 Å². The summed E-state index contributed by atoms with van der Waals surface area (Å²) in [4.78, 5) is 7.36. The fourth-order valence-electron chi connectivity index (χ4n) is 4.78. The van der Waals surface area contributed by atoms with Crippen LogP contribution >= 0.6 is 12.4 Å². The summed E-state index contributed by atoms with van der Waals surface area (Å²) < 4.78 is 8.06. The molecular formula is C21H21ClN6O. The maximum absolute atomic E-state index is 6.19. The molecule has 7 nitrogen and oxygen atoms in total. The molecule has 7 rings (SSSR count). The van der Waals surface area contributed by atoms with Crippen molar-refractivity contribution in [1.82, 2.24) is 29.8 Å². The van der Waals surface area contributed by atoms with E-state index in [1.165, 1.54) is 36.8 Å². The lowest BCUT2D eigenvalue weighted by Crippen LogP contribution is -2.25. The lowest BCUT2D eigenvalue weighted by molar-refractivity contribution is 0.262. The van der Waals surface area contributed by atoms with Gasteiger partial charge in [0, 0.05) is 29.1 Å². The van der Waals surface area contributed by atoms with Gasteiger partial charge >= 0.3 is 0 Å². The first-order valence-electron chi connectivity index (χ1n) is 9.84. The van der Waals surface area contributed by atoms with E-state index in [2.05, 4.69) is 20.2 Å². The van der Waals surface area contributed by atoms with Crippen LogP contribution in [-0.4, -0.2) is 29.8 Å². The standard InChI is InChI=1S/C21H20N6O.ClH/c1-2-4-15(5-3-1)19-24-25-20-17-13-6-8-14(9-7-13)18(17)21(26-27(19)20)28-12-16-22-10-11-23-16;/h1-5,10-11,13-14H,6-9,12H2,(H,22,23);1H. The quantitative estimate of drug-likeness (QED) is 0.545. The third kappa shape index (κ3) is 2.88. The first-order chi connectivity index (χ1) is 13.9. The Morgan fingerprint density at radius 1 is 1.00 bits per heavy atom. The van der Waals surface area contributed by atoms with Crippen molar-refractivity contribution in [3.8, 4) is 17.3 Å². The van der Waals surface area contributed by atoms with Gasteiger partial charge in [0.15, 0.2) is 11.5 Å². The predicted octanol–water partition coefficient (Wildman–Crippen LogP) is 4.27. The second kappa shape index (κ2) is 7.15. The topological polar surface area (TPSA) is 81.0 Å². The molecule has 1 aromatic carbocycles. The van der Waals surface area contributed by atoms with Gasteiger partial charge in [-0.1, -0.05) is 30.3 Å². The fourth-order valence-corrected chi connectivity index (χ4v) is 4.78. The number of hydrogen-bond acceptors (Lipinski definition) is 5. The first kappa shape index (κ1) is 18.1. The van der Waals surface area contributed by atoms with Crippen LogP contribution in [0.5, 0.6) is 5.88 Å². The molecule has 148 valence electrons. The lowest BCUT2D eigenvalue weighted by Gasteiger charge is -2.38. The summed E-state index contributed by atoms with van der Waals surface area (Å²) in [6, 6.07) is 10.1. The monoisotopic (exact) mass is 408 g/mol. The van der Waals surface area contributed by atoms with E-state index in [-0.39, 0.29) is 12.4 Å². The van der Waals surface area contributed by atoms with Gasteiger partial charge in [-0.2, -0.15) is 4.52 Å². The number of ether oxygens (including phenoxy) is 1. The van der Waals surface area contributed by atoms with E-state index in [9.17, 15) is 0 Å². The van der Waals surface area contributed by atoms with Gasteiger partial charge in [-0.3, -0.25) is 0 Å². The lowest BCUT2D eigenvalue weighted by atomic mass is 9.67. The van der Waals surface area contributed by atoms with Crippen molar-refractivity contribution < 1.29 is 4.74 Å². The molecule has 0 radical (unpaired) electrons. The molecule has 29 heavy (non-hydrogen) atoms. The van der Waals surface area contributed by atoms with Gasteiger partial charge in [-0.15, -0.1) is 27.7 Å². The Morgan fingerprint density at radius 2 is 1.76 bits per heavy atom. The van der Waals surface area contributed by atoms with Crippen LogP contribution < -0.4 is 4.74 Å². The smallest absolute Gasteiger partial charge is 0.236 e. The maximum atomic E-state index is 6.19. The highest BCUT2D eigenvalue weighted by Gasteiger charge is 2.39. The van der Waals surface area contributed by atoms with Gasteiger partial charge in [-0.05, 0) is 37.5 Å². The average molecular weight is 409 g/mol. The highest BCUT2D eigenvalue weighted by molar-refractivity contribution is 5.85. The molecule has 3 aliphatic carbocycles. The van der Waals surface area contributed by atoms with Crippen LogP contribution in [0.3, 0.4) is 0 Å². The third-order valence-electron chi connectivity index (χ3n) is 6.07. The summed E-state index contributed by atoms with van der Waals surface area (Å²) >= 11 is 0. The molecule has 0 aliphatic heterocycles. The Labute approximate surface area is 173 Å². The second-order valence-electron chi connectivity index (χ2n) is 7.63. The minimum absolute atomic E-state index is 0. The molecule has 3 heterocycles. The van der Waals surface area contributed by atoms with Gasteiger partial charge in [0.1, 0.15) is 12.4 Å². The minimum atomic E-state index is 0. The van der Waals surface area contributed by atoms with E-state index in [0.29, 0.717) is 24.3 Å². The molecule has 3 aliphatic rings. The predicted molar refractivity (Wildman–Crippen MR) is 110 cm³/mol. The number of aromatic amines is 1. The molecule has 0 atom stereocenters. The zero-order valence-electron chi connectivity index (χ0n) is 15.8. The summed E-state index contributed by atoms with van der Waals surface area (Å²) in [6.45, 7) is 0.373. The average Bonchev–Trinajstić information content (AvgIpc) is 3.43. The number of nitrogens with one attached hydrogen (secondary N) is 1. The Bertz CT molecular complexity index is 1130. The van der Waals surface area contributed by atoms with Crippen molar-refractivity contribution >= 4 is 18.1 Å². The zero-order chi connectivity index (χ0) is 18.5. The number of halogens is 1. The molecule has 1 saturated carbocycles. The van der Waals surface area contributed by atoms with Crippen molar-refractivity contribution in [3.63, 3.8) is 0 Å². The number of hydrogen-bond donors (Lipinski definition) is 1. The van der Waals surface area contributed by atoms with E-state index in [4.69, 9.17) is 9.84 Å². The normalized spacial score (nSPS) is 19.7. The summed E-state index contributed by atoms with van der Waals surface area (Å²) in [6.07, 6.45) is 8.36. The van der Waals surface area contributed by atoms with Crippen LogP contribution in [0, 0.1) is 0 Å². The maximum Gasteiger partial charge on any atom is 0.236 e.